The van der Waals surface area contributed by atoms with E-state index in [9.17, 15) is 9.90 Å². The van der Waals surface area contributed by atoms with Crippen molar-refractivity contribution in [3.8, 4) is 0 Å². The molecule has 0 spiro atoms. The molecule has 2 heterocycles. The van der Waals surface area contributed by atoms with Crippen LogP contribution in [0, 0.1) is 0 Å². The molecule has 10 heteroatoms. The molecule has 5 N–H and O–H groups in total. The number of aromatic nitrogens is 4. The van der Waals surface area contributed by atoms with Crippen LogP contribution in [0.1, 0.15) is 32.6 Å². The van der Waals surface area contributed by atoms with Crippen LogP contribution >= 0.6 is 0 Å². The van der Waals surface area contributed by atoms with Crippen molar-refractivity contribution in [2.45, 2.75) is 51.3 Å². The third-order valence-corrected chi connectivity index (χ3v) is 5.21. The van der Waals surface area contributed by atoms with Gasteiger partial charge in [-0.2, -0.15) is 9.97 Å². The molecule has 4 rings (SSSR count). The van der Waals surface area contributed by atoms with Gasteiger partial charge in [0.15, 0.2) is 17.0 Å². The highest BCUT2D eigenvalue weighted by Gasteiger charge is 2.21. The number of imidazole rings is 1. The SMILES string of the molecule is CCn1cnc2c(Nc3cccc(NC(=O)O)c3)nc(NC3CCC(O)CC3)nc21. The van der Waals surface area contributed by atoms with Gasteiger partial charge in [0.1, 0.15) is 0 Å². The number of amides is 1. The fourth-order valence-electron chi connectivity index (χ4n) is 3.67. The fraction of sp³-hybridized carbons (Fsp3) is 0.400. The number of carbonyl (C=O) groups is 1. The van der Waals surface area contributed by atoms with Gasteiger partial charge in [-0.25, -0.2) is 9.78 Å². The molecule has 0 radical (unpaired) electrons. The van der Waals surface area contributed by atoms with Crippen LogP contribution in [-0.4, -0.2) is 48.0 Å². The van der Waals surface area contributed by atoms with Crippen molar-refractivity contribution >= 4 is 40.4 Å². The summed E-state index contributed by atoms with van der Waals surface area (Å²) in [6.07, 6.45) is 3.64. The van der Waals surface area contributed by atoms with Crippen molar-refractivity contribution in [1.29, 1.82) is 0 Å². The zero-order valence-corrected chi connectivity index (χ0v) is 16.7. The van der Waals surface area contributed by atoms with Gasteiger partial charge in [0.2, 0.25) is 5.95 Å². The third-order valence-electron chi connectivity index (χ3n) is 5.21. The number of nitrogens with zero attached hydrogens (tertiary/aromatic N) is 4. The Balaban J connectivity index is 1.64. The molecular formula is C20H25N7O3. The number of carboxylic acid groups (broad SMARTS) is 1. The van der Waals surface area contributed by atoms with Crippen molar-refractivity contribution in [2.24, 2.45) is 0 Å². The Bertz CT molecular complexity index is 1040. The number of hydrogen-bond donors (Lipinski definition) is 5. The molecule has 10 nitrogen and oxygen atoms in total. The summed E-state index contributed by atoms with van der Waals surface area (Å²) in [6, 6.07) is 7.15. The molecule has 1 saturated carbocycles. The van der Waals surface area contributed by atoms with Gasteiger partial charge in [-0.3, -0.25) is 5.32 Å². The lowest BCUT2D eigenvalue weighted by Crippen LogP contribution is -2.29. The molecule has 0 bridgehead atoms. The Morgan fingerprint density at radius 2 is 1.97 bits per heavy atom. The van der Waals surface area contributed by atoms with E-state index in [2.05, 4.69) is 30.9 Å². The number of fused-ring (bicyclic) bond motifs is 1. The molecule has 3 aromatic rings. The molecule has 1 aromatic carbocycles. The molecule has 0 atom stereocenters. The lowest BCUT2D eigenvalue weighted by atomic mass is 9.93. The van der Waals surface area contributed by atoms with E-state index in [1.807, 2.05) is 17.6 Å². The van der Waals surface area contributed by atoms with Crippen molar-refractivity contribution in [1.82, 2.24) is 19.5 Å². The monoisotopic (exact) mass is 411 g/mol. The number of rotatable bonds is 6. The molecule has 1 amide bonds. The van der Waals surface area contributed by atoms with Crippen molar-refractivity contribution in [3.05, 3.63) is 30.6 Å². The molecular weight excluding hydrogens is 386 g/mol. The first-order valence-corrected chi connectivity index (χ1v) is 10.1. The zero-order chi connectivity index (χ0) is 21.1. The maximum Gasteiger partial charge on any atom is 0.409 e. The van der Waals surface area contributed by atoms with E-state index in [-0.39, 0.29) is 12.1 Å². The van der Waals surface area contributed by atoms with Gasteiger partial charge in [-0.05, 0) is 50.8 Å². The number of benzene rings is 1. The summed E-state index contributed by atoms with van der Waals surface area (Å²) in [5.41, 5.74) is 2.49. The van der Waals surface area contributed by atoms with Crippen LogP contribution in [0.15, 0.2) is 30.6 Å². The summed E-state index contributed by atoms with van der Waals surface area (Å²) in [4.78, 5) is 24.7. The van der Waals surface area contributed by atoms with Gasteiger partial charge in [-0.1, -0.05) is 6.07 Å². The second-order valence-electron chi connectivity index (χ2n) is 7.38. The highest BCUT2D eigenvalue weighted by atomic mass is 16.4. The molecule has 0 saturated heterocycles. The first kappa shape index (κ1) is 19.9. The summed E-state index contributed by atoms with van der Waals surface area (Å²) < 4.78 is 1.94. The number of hydrogen-bond acceptors (Lipinski definition) is 7. The number of aliphatic hydroxyl groups is 1. The van der Waals surface area contributed by atoms with E-state index < -0.39 is 6.09 Å². The van der Waals surface area contributed by atoms with Crippen LogP contribution in [0.25, 0.3) is 11.2 Å². The maximum absolute atomic E-state index is 10.9. The van der Waals surface area contributed by atoms with Crippen LogP contribution < -0.4 is 16.0 Å². The quantitative estimate of drug-likeness (QED) is 0.416. The average molecular weight is 411 g/mol. The predicted octanol–water partition coefficient (Wildman–Crippen LogP) is 3.40. The van der Waals surface area contributed by atoms with Crippen LogP contribution in [-0.2, 0) is 6.54 Å². The zero-order valence-electron chi connectivity index (χ0n) is 16.7. The van der Waals surface area contributed by atoms with E-state index in [0.717, 1.165) is 32.2 Å². The molecule has 30 heavy (non-hydrogen) atoms. The maximum atomic E-state index is 10.9. The number of aryl methyl sites for hydroxylation is 1. The lowest BCUT2D eigenvalue weighted by molar-refractivity contribution is 0.126. The second-order valence-corrected chi connectivity index (χ2v) is 7.38. The first-order chi connectivity index (χ1) is 14.5. The summed E-state index contributed by atoms with van der Waals surface area (Å²) in [6.45, 7) is 2.74. The van der Waals surface area contributed by atoms with Crippen molar-refractivity contribution in [2.75, 3.05) is 16.0 Å². The predicted molar refractivity (Wildman–Crippen MR) is 114 cm³/mol. The molecule has 1 aliphatic rings. The summed E-state index contributed by atoms with van der Waals surface area (Å²) in [7, 11) is 0. The minimum atomic E-state index is -1.12. The Hall–Kier alpha value is -3.40. The highest BCUT2D eigenvalue weighted by molar-refractivity contribution is 5.88. The standard InChI is InChI=1S/C20H25N7O3/c1-2-27-11-21-16-17(22-13-4-3-5-14(10-13)24-20(29)30)25-19(26-18(16)27)23-12-6-8-15(28)9-7-12/h3-5,10-12,15,24,28H,2,6-9H2,1H3,(H,29,30)(H2,22,23,25,26). The van der Waals surface area contributed by atoms with E-state index in [4.69, 9.17) is 5.11 Å². The summed E-state index contributed by atoms with van der Waals surface area (Å²) in [5, 5.41) is 27.7. The Morgan fingerprint density at radius 1 is 1.20 bits per heavy atom. The van der Waals surface area contributed by atoms with Crippen LogP contribution in [0.4, 0.5) is 27.9 Å². The molecule has 1 aliphatic carbocycles. The fourth-order valence-corrected chi connectivity index (χ4v) is 3.67. The van der Waals surface area contributed by atoms with Gasteiger partial charge < -0.3 is 25.4 Å². The van der Waals surface area contributed by atoms with Crippen LogP contribution in [0.2, 0.25) is 0 Å². The van der Waals surface area contributed by atoms with Gasteiger partial charge in [-0.15, -0.1) is 0 Å². The third kappa shape index (κ3) is 4.43. The minimum absolute atomic E-state index is 0.208. The normalized spacial score (nSPS) is 18.9. The molecule has 0 aliphatic heterocycles. The largest absolute Gasteiger partial charge is 0.465 e. The summed E-state index contributed by atoms with van der Waals surface area (Å²) in [5.74, 6) is 1.04. The van der Waals surface area contributed by atoms with Gasteiger partial charge in [0, 0.05) is 24.0 Å². The second kappa shape index (κ2) is 8.54. The smallest absolute Gasteiger partial charge is 0.409 e. The molecule has 1 fully saturated rings. The molecule has 0 unspecified atom stereocenters. The molecule has 158 valence electrons. The van der Waals surface area contributed by atoms with Crippen LogP contribution in [0.5, 0.6) is 0 Å². The van der Waals surface area contributed by atoms with Crippen LogP contribution in [0.3, 0.4) is 0 Å². The van der Waals surface area contributed by atoms with Gasteiger partial charge in [0.05, 0.1) is 12.4 Å². The Morgan fingerprint density at radius 3 is 2.70 bits per heavy atom. The number of anilines is 4. The Labute approximate surface area is 173 Å². The van der Waals surface area contributed by atoms with Gasteiger partial charge >= 0.3 is 6.09 Å². The van der Waals surface area contributed by atoms with Crippen molar-refractivity contribution in [3.63, 3.8) is 0 Å². The minimum Gasteiger partial charge on any atom is -0.465 e. The molecule has 2 aromatic heterocycles. The highest BCUT2D eigenvalue weighted by Crippen LogP contribution is 2.27. The van der Waals surface area contributed by atoms with E-state index in [0.29, 0.717) is 34.3 Å². The summed E-state index contributed by atoms with van der Waals surface area (Å²) >= 11 is 0. The first-order valence-electron chi connectivity index (χ1n) is 10.1. The van der Waals surface area contributed by atoms with Crippen molar-refractivity contribution < 1.29 is 15.0 Å². The number of aliphatic hydroxyl groups excluding tert-OH is 1. The topological polar surface area (TPSA) is 137 Å². The average Bonchev–Trinajstić information content (AvgIpc) is 3.13. The van der Waals surface area contributed by atoms with E-state index in [1.54, 1.807) is 24.5 Å². The van der Waals surface area contributed by atoms with E-state index in [1.165, 1.54) is 0 Å². The number of nitrogens with one attached hydrogen (secondary N) is 3. The van der Waals surface area contributed by atoms with Gasteiger partial charge in [0.25, 0.3) is 0 Å². The van der Waals surface area contributed by atoms with E-state index >= 15 is 0 Å². The lowest BCUT2D eigenvalue weighted by Gasteiger charge is -2.26. The Kier molecular flexibility index (Phi) is 5.66.